The van der Waals surface area contributed by atoms with Crippen LogP contribution in [0, 0.1) is 0 Å². The number of rotatable bonds is 0. The molecule has 1 nitrogen and oxygen atoms in total. The van der Waals surface area contributed by atoms with Gasteiger partial charge in [-0.2, -0.15) is 0 Å². The third-order valence-electron chi connectivity index (χ3n) is 1.31. The van der Waals surface area contributed by atoms with E-state index in [1.165, 1.54) is 0 Å². The number of nitrogens with zero attached hydrogens (tertiary/aromatic N) is 1. The quantitative estimate of drug-likeness (QED) is 0.362. The van der Waals surface area contributed by atoms with Crippen LogP contribution in [-0.4, -0.2) is 23.6 Å². The maximum absolute atomic E-state index is 12.2. The van der Waals surface area contributed by atoms with Crippen molar-refractivity contribution < 1.29 is 4.48 Å². The second kappa shape index (κ2) is 2.65. The van der Waals surface area contributed by atoms with Gasteiger partial charge in [0.1, 0.15) is 0 Å². The number of piperidine rings is 1. The van der Waals surface area contributed by atoms with E-state index in [-0.39, 0.29) is 5.38 Å². The third-order valence-corrected chi connectivity index (χ3v) is 1.67. The molecule has 3 heteroatoms. The van der Waals surface area contributed by atoms with E-state index in [0.717, 1.165) is 18.0 Å². The van der Waals surface area contributed by atoms with Crippen LogP contribution in [0.5, 0.6) is 0 Å². The Labute approximate surface area is 53.4 Å². The molecule has 1 heterocycles. The van der Waals surface area contributed by atoms with Gasteiger partial charge >= 0.3 is 0 Å². The van der Waals surface area contributed by atoms with Gasteiger partial charge in [-0.15, -0.1) is 21.2 Å². The Hall–Kier alpha value is 0.180. The first-order valence-corrected chi connectivity index (χ1v) is 3.27. The molecule has 8 heavy (non-hydrogen) atoms. The van der Waals surface area contributed by atoms with Crippen molar-refractivity contribution >= 4 is 11.6 Å². The van der Waals surface area contributed by atoms with Gasteiger partial charge in [0, 0.05) is 18.5 Å². The van der Waals surface area contributed by atoms with Gasteiger partial charge in [-0.25, -0.2) is 0 Å². The summed E-state index contributed by atoms with van der Waals surface area (Å²) in [6.45, 7) is 0.963. The summed E-state index contributed by atoms with van der Waals surface area (Å²) in [7, 11) is 0. The Morgan fingerprint density at radius 1 is 1.62 bits per heavy atom. The molecule has 1 fully saturated rings. The lowest BCUT2D eigenvalue weighted by molar-refractivity contribution is 0.00801. The molecule has 0 bridgehead atoms. The summed E-state index contributed by atoms with van der Waals surface area (Å²) in [5.74, 6) is 0. The van der Waals surface area contributed by atoms with Crippen molar-refractivity contribution in [1.29, 1.82) is 0 Å². The van der Waals surface area contributed by atoms with Gasteiger partial charge in [0.05, 0.1) is 0 Å². The van der Waals surface area contributed by atoms with Gasteiger partial charge in [0.15, 0.2) is 0 Å². The highest BCUT2D eigenvalue weighted by Gasteiger charge is 2.16. The van der Waals surface area contributed by atoms with Crippen LogP contribution in [0.1, 0.15) is 12.8 Å². The molecule has 0 saturated carbocycles. The Kier molecular flexibility index (Phi) is 2.08. The summed E-state index contributed by atoms with van der Waals surface area (Å²) in [5, 5.41) is 0.815. The van der Waals surface area contributed by atoms with Gasteiger partial charge in [0.2, 0.25) is 0 Å². The fraction of sp³-hybridized carbons (Fsp3) is 1.00. The molecule has 0 amide bonds. The minimum atomic E-state index is 0.0359. The van der Waals surface area contributed by atoms with Crippen LogP contribution in [0.2, 0.25) is 0 Å². The second-order valence-electron chi connectivity index (χ2n) is 2.11. The topological polar surface area (TPSA) is 3.24 Å². The van der Waals surface area contributed by atoms with E-state index in [9.17, 15) is 4.48 Å². The molecule has 1 atom stereocenters. The predicted molar refractivity (Wildman–Crippen MR) is 31.6 cm³/mol. The third kappa shape index (κ3) is 1.60. The van der Waals surface area contributed by atoms with Gasteiger partial charge in [-0.05, 0) is 12.8 Å². The molecule has 0 N–H and O–H groups in total. The maximum Gasteiger partial charge on any atom is 0.0489 e. The van der Waals surface area contributed by atoms with E-state index < -0.39 is 0 Å². The average molecular weight is 138 g/mol. The Morgan fingerprint density at radius 2 is 2.38 bits per heavy atom. The second-order valence-corrected chi connectivity index (χ2v) is 2.73. The number of halogens is 2. The van der Waals surface area contributed by atoms with Crippen molar-refractivity contribution in [3.8, 4) is 0 Å². The van der Waals surface area contributed by atoms with Crippen molar-refractivity contribution in [2.24, 2.45) is 0 Å². The molecule has 0 aromatic rings. The smallest absolute Gasteiger partial charge is 0.0489 e. The maximum atomic E-state index is 12.2. The molecule has 1 aliphatic heterocycles. The van der Waals surface area contributed by atoms with E-state index in [4.69, 9.17) is 11.6 Å². The lowest BCUT2D eigenvalue weighted by Gasteiger charge is -2.20. The predicted octanol–water partition coefficient (Wildman–Crippen LogP) is 1.57. The van der Waals surface area contributed by atoms with Crippen LogP contribution in [0.15, 0.2) is 0 Å². The van der Waals surface area contributed by atoms with Crippen molar-refractivity contribution in [2.75, 3.05) is 13.1 Å². The first kappa shape index (κ1) is 6.30. The largest absolute Gasteiger partial charge is 0.145 e. The van der Waals surface area contributed by atoms with Crippen LogP contribution in [-0.2, 0) is 0 Å². The molecule has 0 aromatic carbocycles. The lowest BCUT2D eigenvalue weighted by Crippen LogP contribution is -2.29. The fourth-order valence-corrected chi connectivity index (χ4v) is 1.19. The Bertz CT molecular complexity index is 70.8. The van der Waals surface area contributed by atoms with Gasteiger partial charge in [-0.3, -0.25) is 0 Å². The van der Waals surface area contributed by atoms with Crippen molar-refractivity contribution in [2.45, 2.75) is 18.2 Å². The van der Waals surface area contributed by atoms with E-state index in [1.54, 1.807) is 0 Å². The highest BCUT2D eigenvalue weighted by molar-refractivity contribution is 6.20. The number of hydrogen-bond acceptors (Lipinski definition) is 1. The summed E-state index contributed by atoms with van der Waals surface area (Å²) >= 11 is 5.63. The Balaban J connectivity index is 2.23. The van der Waals surface area contributed by atoms with Crippen LogP contribution in [0.3, 0.4) is 0 Å². The lowest BCUT2D eigenvalue weighted by atomic mass is 10.2. The first-order valence-electron chi connectivity index (χ1n) is 2.84. The van der Waals surface area contributed by atoms with Crippen LogP contribution in [0.4, 0.5) is 4.48 Å². The first-order chi connectivity index (χ1) is 3.79. The molecule has 0 radical (unpaired) electrons. The standard InChI is InChI=1S/C5H9ClFN/c6-5-2-1-3-8(7)4-5/h5H,1-4H2. The number of alkyl halides is 1. The highest BCUT2D eigenvalue weighted by Crippen LogP contribution is 2.14. The molecule has 1 rings (SSSR count). The van der Waals surface area contributed by atoms with E-state index >= 15 is 0 Å². The minimum absolute atomic E-state index is 0.0359. The van der Waals surface area contributed by atoms with E-state index in [1.807, 2.05) is 0 Å². The molecular formula is C5H9ClFN. The summed E-state index contributed by atoms with van der Waals surface area (Å²) in [6, 6.07) is 0. The van der Waals surface area contributed by atoms with Gasteiger partial charge in [-0.1, -0.05) is 0 Å². The van der Waals surface area contributed by atoms with Gasteiger partial charge < -0.3 is 0 Å². The van der Waals surface area contributed by atoms with Crippen LogP contribution in [0.25, 0.3) is 0 Å². The minimum Gasteiger partial charge on any atom is -0.145 e. The molecule has 1 unspecified atom stereocenters. The Morgan fingerprint density at radius 3 is 2.75 bits per heavy atom. The van der Waals surface area contributed by atoms with Crippen molar-refractivity contribution in [1.82, 2.24) is 5.12 Å². The SMILES string of the molecule is FN1CCCC(Cl)C1. The van der Waals surface area contributed by atoms with Crippen LogP contribution >= 0.6 is 11.6 Å². The molecular weight excluding hydrogens is 129 g/mol. The zero-order chi connectivity index (χ0) is 5.98. The highest BCUT2D eigenvalue weighted by atomic mass is 35.5. The molecule has 1 aliphatic rings. The summed E-state index contributed by atoms with van der Waals surface area (Å²) in [6.07, 6.45) is 1.85. The molecule has 0 spiro atoms. The normalized spacial score (nSPS) is 33.0. The zero-order valence-corrected chi connectivity index (χ0v) is 5.36. The fourth-order valence-electron chi connectivity index (χ4n) is 0.882. The monoisotopic (exact) mass is 137 g/mol. The summed E-state index contributed by atoms with van der Waals surface area (Å²) in [4.78, 5) is 0. The van der Waals surface area contributed by atoms with Crippen LogP contribution < -0.4 is 0 Å². The molecule has 1 saturated heterocycles. The summed E-state index contributed by atoms with van der Waals surface area (Å²) < 4.78 is 12.2. The van der Waals surface area contributed by atoms with Crippen molar-refractivity contribution in [3.05, 3.63) is 0 Å². The average Bonchev–Trinajstić information content (AvgIpc) is 1.64. The van der Waals surface area contributed by atoms with E-state index in [0.29, 0.717) is 13.1 Å². The van der Waals surface area contributed by atoms with Crippen molar-refractivity contribution in [3.63, 3.8) is 0 Å². The van der Waals surface area contributed by atoms with E-state index in [2.05, 4.69) is 0 Å². The van der Waals surface area contributed by atoms with Gasteiger partial charge in [0.25, 0.3) is 0 Å². The molecule has 48 valence electrons. The molecule has 0 aromatic heterocycles. The zero-order valence-electron chi connectivity index (χ0n) is 4.61. The molecule has 0 aliphatic carbocycles. The number of hydrogen-bond donors (Lipinski definition) is 0. The summed E-state index contributed by atoms with van der Waals surface area (Å²) in [5.41, 5.74) is 0.